The summed E-state index contributed by atoms with van der Waals surface area (Å²) < 4.78 is 7.12. The lowest BCUT2D eigenvalue weighted by molar-refractivity contribution is 0.0639. The van der Waals surface area contributed by atoms with Crippen LogP contribution >= 0.6 is 0 Å². The van der Waals surface area contributed by atoms with E-state index in [1.54, 1.807) is 17.1 Å². The van der Waals surface area contributed by atoms with Gasteiger partial charge in [-0.1, -0.05) is 30.3 Å². The van der Waals surface area contributed by atoms with Gasteiger partial charge < -0.3 is 9.32 Å². The Kier molecular flexibility index (Phi) is 5.07. The Morgan fingerprint density at radius 1 is 1.07 bits per heavy atom. The second-order valence-electron chi connectivity index (χ2n) is 6.91. The molecule has 6 heteroatoms. The van der Waals surface area contributed by atoms with Gasteiger partial charge in [-0.25, -0.2) is 0 Å². The van der Waals surface area contributed by atoms with Crippen LogP contribution in [0.5, 0.6) is 0 Å². The van der Waals surface area contributed by atoms with Crippen LogP contribution in [-0.2, 0) is 13.5 Å². The Labute approximate surface area is 159 Å². The SMILES string of the molecule is Cn1cc(C(=O)N2CCN(CCc3ccccc3)CC2)c(-c2ccco2)n1. The minimum atomic E-state index is 0.0252. The van der Waals surface area contributed by atoms with Crippen LogP contribution in [0.4, 0.5) is 0 Å². The summed E-state index contributed by atoms with van der Waals surface area (Å²) in [6.07, 6.45) is 4.42. The number of hydrogen-bond donors (Lipinski definition) is 0. The van der Waals surface area contributed by atoms with Gasteiger partial charge in [-0.3, -0.25) is 14.4 Å². The third-order valence-electron chi connectivity index (χ3n) is 5.03. The lowest BCUT2D eigenvalue weighted by Gasteiger charge is -2.34. The number of aryl methyl sites for hydroxylation is 1. The zero-order valence-corrected chi connectivity index (χ0v) is 15.5. The zero-order chi connectivity index (χ0) is 18.6. The number of piperazine rings is 1. The summed E-state index contributed by atoms with van der Waals surface area (Å²) in [4.78, 5) is 17.4. The topological polar surface area (TPSA) is 54.5 Å². The second kappa shape index (κ2) is 7.80. The van der Waals surface area contributed by atoms with Crippen molar-refractivity contribution in [2.75, 3.05) is 32.7 Å². The first kappa shape index (κ1) is 17.5. The largest absolute Gasteiger partial charge is 0.463 e. The van der Waals surface area contributed by atoms with E-state index in [1.807, 2.05) is 30.1 Å². The molecule has 6 nitrogen and oxygen atoms in total. The maximum absolute atomic E-state index is 13.0. The Balaban J connectivity index is 1.37. The fraction of sp³-hybridized carbons (Fsp3) is 0.333. The Morgan fingerprint density at radius 2 is 1.85 bits per heavy atom. The average Bonchev–Trinajstić information content (AvgIpc) is 3.36. The molecule has 1 fully saturated rings. The molecule has 1 saturated heterocycles. The summed E-state index contributed by atoms with van der Waals surface area (Å²) in [5.74, 6) is 0.651. The van der Waals surface area contributed by atoms with Crippen LogP contribution in [0.3, 0.4) is 0 Å². The fourth-order valence-electron chi connectivity index (χ4n) is 3.52. The molecular formula is C21H24N4O2. The molecule has 3 aromatic rings. The van der Waals surface area contributed by atoms with Crippen molar-refractivity contribution in [2.45, 2.75) is 6.42 Å². The van der Waals surface area contributed by atoms with E-state index in [0.29, 0.717) is 17.0 Å². The first-order valence-corrected chi connectivity index (χ1v) is 9.34. The smallest absolute Gasteiger partial charge is 0.257 e. The highest BCUT2D eigenvalue weighted by molar-refractivity contribution is 5.99. The van der Waals surface area contributed by atoms with Crippen molar-refractivity contribution < 1.29 is 9.21 Å². The molecule has 1 aliphatic rings. The van der Waals surface area contributed by atoms with Crippen molar-refractivity contribution in [3.05, 3.63) is 66.1 Å². The van der Waals surface area contributed by atoms with E-state index in [-0.39, 0.29) is 5.91 Å². The van der Waals surface area contributed by atoms with Gasteiger partial charge in [-0.2, -0.15) is 5.10 Å². The third kappa shape index (κ3) is 3.95. The van der Waals surface area contributed by atoms with Crippen LogP contribution in [0.15, 0.2) is 59.3 Å². The number of nitrogens with zero attached hydrogens (tertiary/aromatic N) is 4. The van der Waals surface area contributed by atoms with Gasteiger partial charge in [0.1, 0.15) is 5.69 Å². The number of furan rings is 1. The third-order valence-corrected chi connectivity index (χ3v) is 5.03. The molecule has 4 rings (SSSR count). The molecule has 0 spiro atoms. The minimum absolute atomic E-state index is 0.0252. The quantitative estimate of drug-likeness (QED) is 0.698. The molecule has 1 aliphatic heterocycles. The van der Waals surface area contributed by atoms with Crippen LogP contribution in [0.25, 0.3) is 11.5 Å². The normalized spacial score (nSPS) is 15.2. The van der Waals surface area contributed by atoms with Crippen molar-refractivity contribution >= 4 is 5.91 Å². The fourth-order valence-corrected chi connectivity index (χ4v) is 3.52. The molecule has 0 N–H and O–H groups in total. The number of carbonyl (C=O) groups is 1. The van der Waals surface area contributed by atoms with E-state index >= 15 is 0 Å². The van der Waals surface area contributed by atoms with Gasteiger partial charge in [-0.05, 0) is 24.1 Å². The van der Waals surface area contributed by atoms with E-state index in [0.717, 1.165) is 39.1 Å². The van der Waals surface area contributed by atoms with E-state index in [2.05, 4.69) is 34.3 Å². The lowest BCUT2D eigenvalue weighted by Crippen LogP contribution is -2.49. The molecule has 2 aromatic heterocycles. The molecule has 0 bridgehead atoms. The van der Waals surface area contributed by atoms with Crippen LogP contribution in [0.1, 0.15) is 15.9 Å². The Morgan fingerprint density at radius 3 is 2.56 bits per heavy atom. The number of amides is 1. The summed E-state index contributed by atoms with van der Waals surface area (Å²) in [7, 11) is 1.82. The maximum Gasteiger partial charge on any atom is 0.257 e. The molecule has 0 aliphatic carbocycles. The van der Waals surface area contributed by atoms with Gasteiger partial charge in [0.2, 0.25) is 0 Å². The van der Waals surface area contributed by atoms with E-state index in [4.69, 9.17) is 4.42 Å². The molecule has 27 heavy (non-hydrogen) atoms. The highest BCUT2D eigenvalue weighted by Crippen LogP contribution is 2.24. The molecular weight excluding hydrogens is 340 g/mol. The first-order chi connectivity index (χ1) is 13.2. The molecule has 1 amide bonds. The lowest BCUT2D eigenvalue weighted by atomic mass is 10.1. The molecule has 0 saturated carbocycles. The summed E-state index contributed by atoms with van der Waals surface area (Å²) in [5, 5.41) is 4.41. The maximum atomic E-state index is 13.0. The van der Waals surface area contributed by atoms with Crippen molar-refractivity contribution in [1.82, 2.24) is 19.6 Å². The van der Waals surface area contributed by atoms with Crippen LogP contribution < -0.4 is 0 Å². The molecule has 0 unspecified atom stereocenters. The molecule has 0 radical (unpaired) electrons. The van der Waals surface area contributed by atoms with Gasteiger partial charge in [0.05, 0.1) is 11.8 Å². The standard InChI is InChI=1S/C21H24N4O2/c1-23-16-18(20(22-23)19-8-5-15-27-19)21(26)25-13-11-24(12-14-25)10-9-17-6-3-2-4-7-17/h2-8,15-16H,9-14H2,1H3. The van der Waals surface area contributed by atoms with Crippen LogP contribution in [-0.4, -0.2) is 58.2 Å². The molecule has 3 heterocycles. The number of aromatic nitrogens is 2. The summed E-state index contributed by atoms with van der Waals surface area (Å²) in [5.41, 5.74) is 2.57. The molecule has 1 aromatic carbocycles. The Bertz CT molecular complexity index is 878. The first-order valence-electron chi connectivity index (χ1n) is 9.34. The van der Waals surface area contributed by atoms with E-state index in [1.165, 1.54) is 5.56 Å². The van der Waals surface area contributed by atoms with Crippen LogP contribution in [0, 0.1) is 0 Å². The van der Waals surface area contributed by atoms with Gasteiger partial charge >= 0.3 is 0 Å². The van der Waals surface area contributed by atoms with Gasteiger partial charge in [0, 0.05) is 46.0 Å². The van der Waals surface area contributed by atoms with Crippen molar-refractivity contribution in [3.8, 4) is 11.5 Å². The predicted octanol–water partition coefficient (Wildman–Crippen LogP) is 2.68. The second-order valence-corrected chi connectivity index (χ2v) is 6.91. The number of carbonyl (C=O) groups excluding carboxylic acids is 1. The van der Waals surface area contributed by atoms with Crippen molar-refractivity contribution in [2.24, 2.45) is 7.05 Å². The number of rotatable bonds is 5. The highest BCUT2D eigenvalue weighted by atomic mass is 16.3. The number of benzene rings is 1. The summed E-state index contributed by atoms with van der Waals surface area (Å²) in [6.45, 7) is 4.29. The molecule has 140 valence electrons. The monoisotopic (exact) mass is 364 g/mol. The summed E-state index contributed by atoms with van der Waals surface area (Å²) >= 11 is 0. The zero-order valence-electron chi connectivity index (χ0n) is 15.5. The highest BCUT2D eigenvalue weighted by Gasteiger charge is 2.26. The minimum Gasteiger partial charge on any atom is -0.463 e. The predicted molar refractivity (Wildman–Crippen MR) is 103 cm³/mol. The number of hydrogen-bond acceptors (Lipinski definition) is 4. The summed E-state index contributed by atoms with van der Waals surface area (Å²) in [6, 6.07) is 14.2. The Hall–Kier alpha value is -2.86. The molecule has 0 atom stereocenters. The van der Waals surface area contributed by atoms with Gasteiger partial charge in [0.25, 0.3) is 5.91 Å². The van der Waals surface area contributed by atoms with Crippen molar-refractivity contribution in [1.29, 1.82) is 0 Å². The average molecular weight is 364 g/mol. The van der Waals surface area contributed by atoms with Crippen molar-refractivity contribution in [3.63, 3.8) is 0 Å². The van der Waals surface area contributed by atoms with Gasteiger partial charge in [-0.15, -0.1) is 0 Å². The van der Waals surface area contributed by atoms with Gasteiger partial charge in [0.15, 0.2) is 5.76 Å². The van der Waals surface area contributed by atoms with E-state index < -0.39 is 0 Å². The van der Waals surface area contributed by atoms with Crippen LogP contribution in [0.2, 0.25) is 0 Å². The van der Waals surface area contributed by atoms with E-state index in [9.17, 15) is 4.79 Å².